The van der Waals surface area contributed by atoms with Gasteiger partial charge in [0.05, 0.1) is 11.9 Å². The monoisotopic (exact) mass is 349 g/mol. The van der Waals surface area contributed by atoms with Crippen LogP contribution < -0.4 is 0 Å². The van der Waals surface area contributed by atoms with E-state index in [1.54, 1.807) is 11.1 Å². The number of imidazole rings is 1. The molecule has 0 aliphatic carbocycles. The quantitative estimate of drug-likeness (QED) is 0.650. The minimum Gasteiger partial charge on any atom is -0.444 e. The largest absolute Gasteiger partial charge is 0.444 e. The summed E-state index contributed by atoms with van der Waals surface area (Å²) in [5.41, 5.74) is 3.28. The van der Waals surface area contributed by atoms with Crippen molar-refractivity contribution in [2.24, 2.45) is 0 Å². The lowest BCUT2D eigenvalue weighted by Crippen LogP contribution is -2.37. The number of aromatic amines is 1. The van der Waals surface area contributed by atoms with Crippen molar-refractivity contribution >= 4 is 6.09 Å². The molecule has 1 N–H and O–H groups in total. The van der Waals surface area contributed by atoms with E-state index in [4.69, 9.17) is 11.2 Å². The first-order valence-electron chi connectivity index (χ1n) is 8.56. The third-order valence-corrected chi connectivity index (χ3v) is 4.06. The number of terminal acetylenes is 1. The maximum absolute atomic E-state index is 12.5. The molecule has 1 aromatic heterocycles. The second kappa shape index (κ2) is 6.72. The van der Waals surface area contributed by atoms with Gasteiger partial charge in [-0.05, 0) is 45.4 Å². The van der Waals surface area contributed by atoms with Gasteiger partial charge in [0.25, 0.3) is 0 Å². The average Bonchev–Trinajstić information content (AvgIpc) is 3.20. The first-order valence-corrected chi connectivity index (χ1v) is 8.56. The van der Waals surface area contributed by atoms with E-state index in [-0.39, 0.29) is 12.1 Å². The van der Waals surface area contributed by atoms with Crippen LogP contribution in [0.4, 0.5) is 4.79 Å². The van der Waals surface area contributed by atoms with Crippen LogP contribution in [0.15, 0.2) is 42.1 Å². The molecule has 5 heteroatoms. The molecule has 2 aromatic rings. The number of hydrogen-bond acceptors (Lipinski definition) is 3. The first-order chi connectivity index (χ1) is 12.3. The van der Waals surface area contributed by atoms with Gasteiger partial charge in [0.2, 0.25) is 0 Å². The van der Waals surface area contributed by atoms with E-state index >= 15 is 0 Å². The van der Waals surface area contributed by atoms with E-state index in [0.717, 1.165) is 22.4 Å². The number of nitrogens with zero attached hydrogens (tertiary/aromatic N) is 2. The number of ether oxygens (including phenoxy) is 1. The summed E-state index contributed by atoms with van der Waals surface area (Å²) in [6.07, 6.45) is 8.87. The summed E-state index contributed by atoms with van der Waals surface area (Å²) in [6, 6.07) is 7.43. The Kier molecular flexibility index (Phi) is 4.60. The number of rotatable bonds is 2. The van der Waals surface area contributed by atoms with Crippen LogP contribution in [0.25, 0.3) is 11.3 Å². The van der Waals surface area contributed by atoms with Crippen LogP contribution in [0.2, 0.25) is 0 Å². The highest BCUT2D eigenvalue weighted by atomic mass is 16.6. The van der Waals surface area contributed by atoms with E-state index in [9.17, 15) is 4.79 Å². The Balaban J connectivity index is 1.84. The van der Waals surface area contributed by atoms with E-state index in [0.29, 0.717) is 12.4 Å². The summed E-state index contributed by atoms with van der Waals surface area (Å²) < 4.78 is 5.53. The van der Waals surface area contributed by atoms with Gasteiger partial charge < -0.3 is 9.72 Å². The number of hydrogen-bond donors (Lipinski definition) is 1. The van der Waals surface area contributed by atoms with Crippen LogP contribution in [0.5, 0.6) is 0 Å². The minimum absolute atomic E-state index is 0.261. The van der Waals surface area contributed by atoms with E-state index < -0.39 is 5.60 Å². The highest BCUT2D eigenvalue weighted by Gasteiger charge is 2.33. The summed E-state index contributed by atoms with van der Waals surface area (Å²) in [7, 11) is 0. The molecule has 26 heavy (non-hydrogen) atoms. The molecule has 0 saturated carbocycles. The van der Waals surface area contributed by atoms with Gasteiger partial charge in [-0.25, -0.2) is 9.78 Å². The lowest BCUT2D eigenvalue weighted by atomic mass is 10.1. The van der Waals surface area contributed by atoms with E-state index in [1.807, 2.05) is 58.0 Å². The van der Waals surface area contributed by atoms with Crippen LogP contribution >= 0.6 is 0 Å². The SMILES string of the molecule is C#Cc1ccc(-c2cnc(C3C=C(C)CN3C(=O)OC(C)(C)C)[nH]2)cc1. The molecule has 0 radical (unpaired) electrons. The molecule has 0 fully saturated rings. The first kappa shape index (κ1) is 17.8. The van der Waals surface area contributed by atoms with Gasteiger partial charge >= 0.3 is 6.09 Å². The molecular weight excluding hydrogens is 326 g/mol. The Hall–Kier alpha value is -3.00. The fraction of sp³-hybridized carbons (Fsp3) is 0.333. The van der Waals surface area contributed by atoms with E-state index in [1.165, 1.54) is 0 Å². The van der Waals surface area contributed by atoms with Gasteiger partial charge in [-0.3, -0.25) is 4.90 Å². The fourth-order valence-electron chi connectivity index (χ4n) is 2.88. The average molecular weight is 349 g/mol. The molecule has 1 aromatic carbocycles. The number of aromatic nitrogens is 2. The van der Waals surface area contributed by atoms with Gasteiger partial charge in [0, 0.05) is 12.1 Å². The molecule has 1 aliphatic rings. The number of carbonyl (C=O) groups excluding carboxylic acids is 1. The normalized spacial score (nSPS) is 17.0. The topological polar surface area (TPSA) is 58.2 Å². The second-order valence-corrected chi connectivity index (χ2v) is 7.47. The van der Waals surface area contributed by atoms with Gasteiger partial charge in [0.15, 0.2) is 0 Å². The second-order valence-electron chi connectivity index (χ2n) is 7.47. The van der Waals surface area contributed by atoms with Gasteiger partial charge in [0.1, 0.15) is 17.5 Å². The predicted octanol–water partition coefficient (Wildman–Crippen LogP) is 4.30. The van der Waals surface area contributed by atoms with Crippen LogP contribution in [0.3, 0.4) is 0 Å². The van der Waals surface area contributed by atoms with Crippen molar-refractivity contribution in [3.8, 4) is 23.6 Å². The van der Waals surface area contributed by atoms with Crippen molar-refractivity contribution in [1.29, 1.82) is 0 Å². The van der Waals surface area contributed by atoms with Crippen molar-refractivity contribution in [3.05, 3.63) is 53.5 Å². The third kappa shape index (κ3) is 3.80. The van der Waals surface area contributed by atoms with Gasteiger partial charge in [-0.1, -0.05) is 29.7 Å². The molecule has 2 heterocycles. The molecule has 1 aliphatic heterocycles. The number of benzene rings is 1. The van der Waals surface area contributed by atoms with Crippen molar-refractivity contribution in [1.82, 2.24) is 14.9 Å². The zero-order valence-electron chi connectivity index (χ0n) is 15.5. The highest BCUT2D eigenvalue weighted by molar-refractivity contribution is 5.70. The third-order valence-electron chi connectivity index (χ3n) is 4.06. The molecule has 1 unspecified atom stereocenters. The summed E-state index contributed by atoms with van der Waals surface area (Å²) in [5.74, 6) is 3.32. The Morgan fingerprint density at radius 3 is 2.65 bits per heavy atom. The number of nitrogens with one attached hydrogen (secondary N) is 1. The minimum atomic E-state index is -0.536. The molecule has 0 saturated heterocycles. The summed E-state index contributed by atoms with van der Waals surface area (Å²) in [4.78, 5) is 22.0. The van der Waals surface area contributed by atoms with Crippen molar-refractivity contribution in [2.45, 2.75) is 39.3 Å². The molecule has 0 spiro atoms. The lowest BCUT2D eigenvalue weighted by molar-refractivity contribution is 0.0233. The molecule has 5 nitrogen and oxygen atoms in total. The summed E-state index contributed by atoms with van der Waals surface area (Å²) in [6.45, 7) is 8.12. The Labute approximate surface area is 154 Å². The van der Waals surface area contributed by atoms with Crippen LogP contribution in [-0.4, -0.2) is 33.1 Å². The molecular formula is C21H23N3O2. The van der Waals surface area contributed by atoms with Crippen LogP contribution in [0.1, 0.15) is 45.1 Å². The van der Waals surface area contributed by atoms with Crippen molar-refractivity contribution < 1.29 is 9.53 Å². The van der Waals surface area contributed by atoms with Gasteiger partial charge in [-0.15, -0.1) is 6.42 Å². The highest BCUT2D eigenvalue weighted by Crippen LogP contribution is 2.31. The molecule has 1 atom stereocenters. The smallest absolute Gasteiger partial charge is 0.411 e. The zero-order chi connectivity index (χ0) is 18.9. The van der Waals surface area contributed by atoms with E-state index in [2.05, 4.69) is 15.9 Å². The number of H-pyrrole nitrogens is 1. The number of amides is 1. The predicted molar refractivity (Wildman–Crippen MR) is 101 cm³/mol. The molecule has 134 valence electrons. The van der Waals surface area contributed by atoms with Crippen LogP contribution in [0, 0.1) is 12.3 Å². The fourth-order valence-corrected chi connectivity index (χ4v) is 2.88. The Morgan fingerprint density at radius 2 is 2.04 bits per heavy atom. The maximum Gasteiger partial charge on any atom is 0.411 e. The van der Waals surface area contributed by atoms with Gasteiger partial charge in [-0.2, -0.15) is 0 Å². The Morgan fingerprint density at radius 1 is 1.35 bits per heavy atom. The molecule has 3 rings (SSSR count). The standard InChI is InChI=1S/C21H23N3O2/c1-6-15-7-9-16(10-8-15)17-12-22-19(23-17)18-11-14(2)13-24(18)20(25)26-21(3,4)5/h1,7-12,18H,13H2,2-5H3,(H,22,23). The number of carbonyl (C=O) groups is 1. The lowest BCUT2D eigenvalue weighted by Gasteiger charge is -2.27. The zero-order valence-corrected chi connectivity index (χ0v) is 15.5. The van der Waals surface area contributed by atoms with Crippen molar-refractivity contribution in [2.75, 3.05) is 6.54 Å². The Bertz CT molecular complexity index is 879. The maximum atomic E-state index is 12.5. The summed E-state index contributed by atoms with van der Waals surface area (Å²) >= 11 is 0. The summed E-state index contributed by atoms with van der Waals surface area (Å²) in [5, 5.41) is 0. The molecule has 1 amide bonds. The molecule has 0 bridgehead atoms. The van der Waals surface area contributed by atoms with Crippen LogP contribution in [-0.2, 0) is 4.74 Å². The van der Waals surface area contributed by atoms with Crippen molar-refractivity contribution in [3.63, 3.8) is 0 Å².